The van der Waals surface area contributed by atoms with Crippen molar-refractivity contribution in [3.05, 3.63) is 0 Å². The van der Waals surface area contributed by atoms with Crippen LogP contribution in [0.5, 0.6) is 0 Å². The van der Waals surface area contributed by atoms with Crippen molar-refractivity contribution in [1.29, 1.82) is 0 Å². The molecular weight excluding hydrogens is 486 g/mol. The maximum absolute atomic E-state index is 12.9. The molecule has 0 fully saturated rings. The molecule has 0 aliphatic rings. The minimum absolute atomic E-state index is 0.247. The van der Waals surface area contributed by atoms with Gasteiger partial charge < -0.3 is 14.7 Å². The predicted octanol–water partition coefficient (Wildman–Crippen LogP) is 7.27. The van der Waals surface area contributed by atoms with Crippen molar-refractivity contribution in [1.82, 2.24) is 4.90 Å². The zero-order valence-corrected chi connectivity index (χ0v) is 24.9. The van der Waals surface area contributed by atoms with Crippen LogP contribution in [0.3, 0.4) is 0 Å². The van der Waals surface area contributed by atoms with Crippen LogP contribution in [0.25, 0.3) is 0 Å². The molecule has 0 radical (unpaired) electrons. The number of likely N-dealkylation sites (N-methyl/N-ethyl adjacent to an activating group) is 1. The van der Waals surface area contributed by atoms with Crippen molar-refractivity contribution in [3.8, 4) is 0 Å². The number of nitrogens with zero attached hydrogens (tertiary/aromatic N) is 1. The lowest BCUT2D eigenvalue weighted by Crippen LogP contribution is -2.48. The molecule has 0 spiro atoms. The highest BCUT2D eigenvalue weighted by Gasteiger charge is 2.52. The summed E-state index contributed by atoms with van der Waals surface area (Å²) in [6, 6.07) is 0. The van der Waals surface area contributed by atoms with Gasteiger partial charge in [0.15, 0.2) is 0 Å². The van der Waals surface area contributed by atoms with Gasteiger partial charge in [-0.3, -0.25) is 9.59 Å². The number of aliphatic carboxylic acids is 1. The molecule has 200 valence electrons. The van der Waals surface area contributed by atoms with Crippen LogP contribution in [0.1, 0.15) is 98.3 Å². The molecule has 0 bridgehead atoms. The Bertz CT molecular complexity index is 599. The van der Waals surface area contributed by atoms with Crippen LogP contribution in [0.4, 0.5) is 0 Å². The number of unbranched alkanes of at least 4 members (excludes halogenated alkanes) is 9. The topological polar surface area (TPSA) is 66.8 Å². The second kappa shape index (κ2) is 18.9. The lowest BCUT2D eigenvalue weighted by atomic mass is 9.65. The normalized spacial score (nSPS) is 13.6. The summed E-state index contributed by atoms with van der Waals surface area (Å²) in [6.07, 6.45) is 13.6. The molecule has 0 aliphatic carbocycles. The van der Waals surface area contributed by atoms with E-state index < -0.39 is 22.8 Å². The summed E-state index contributed by atoms with van der Waals surface area (Å²) in [7, 11) is 3.80. The zero-order chi connectivity index (χ0) is 26.0. The van der Waals surface area contributed by atoms with E-state index in [2.05, 4.69) is 6.92 Å². The number of carbonyl (C=O) groups excluding carboxylic acids is 1. The van der Waals surface area contributed by atoms with Crippen LogP contribution in [0, 0.1) is 10.8 Å². The number of hydrogen-bond donors (Lipinski definition) is 1. The average Bonchev–Trinajstić information content (AvgIpc) is 2.76. The number of thiocarbonyl (C=S) groups is 1. The molecule has 0 amide bonds. The van der Waals surface area contributed by atoms with Crippen molar-refractivity contribution < 1.29 is 19.4 Å². The maximum atomic E-state index is 12.9. The highest BCUT2D eigenvalue weighted by molar-refractivity contribution is 8.47. The molecule has 1 N–H and O–H groups in total. The standard InChI is InChI=1S/C26H49NO4S3/c1-7-8-9-10-11-12-13-14-15-16-20-33-24(32)34-21-17-26(4,25(2,3)22(28)29)23(30)31-19-18-27(5)6/h7-21H2,1-6H3,(H,28,29). The molecule has 0 aromatic carbocycles. The van der Waals surface area contributed by atoms with Crippen molar-refractivity contribution in [3.63, 3.8) is 0 Å². The van der Waals surface area contributed by atoms with E-state index in [4.69, 9.17) is 17.0 Å². The lowest BCUT2D eigenvalue weighted by Gasteiger charge is -2.39. The Balaban J connectivity index is 4.30. The molecule has 34 heavy (non-hydrogen) atoms. The van der Waals surface area contributed by atoms with Gasteiger partial charge in [0.2, 0.25) is 0 Å². The van der Waals surface area contributed by atoms with Crippen molar-refractivity contribution >= 4 is 51.2 Å². The zero-order valence-electron chi connectivity index (χ0n) is 22.5. The SMILES string of the molecule is CCCCCCCCCCCCSC(=S)SCCC(C)(C(=O)OCCN(C)C)C(C)(C)C(=O)O. The molecule has 0 aliphatic heterocycles. The van der Waals surface area contributed by atoms with Gasteiger partial charge in [0.25, 0.3) is 0 Å². The van der Waals surface area contributed by atoms with Gasteiger partial charge in [0.1, 0.15) is 10.1 Å². The number of carboxylic acids is 1. The fraction of sp³-hybridized carbons (Fsp3) is 0.885. The predicted molar refractivity (Wildman–Crippen MR) is 153 cm³/mol. The van der Waals surface area contributed by atoms with Crippen LogP contribution in [-0.2, 0) is 14.3 Å². The molecule has 0 heterocycles. The molecule has 1 atom stereocenters. The molecule has 0 rings (SSSR count). The number of rotatable bonds is 20. The third-order valence-electron chi connectivity index (χ3n) is 6.68. The first kappa shape index (κ1) is 33.7. The van der Waals surface area contributed by atoms with Crippen molar-refractivity contribution in [2.45, 2.75) is 98.3 Å². The molecule has 1 unspecified atom stereocenters. The monoisotopic (exact) mass is 535 g/mol. The first-order valence-electron chi connectivity index (χ1n) is 12.8. The Morgan fingerprint density at radius 1 is 0.882 bits per heavy atom. The summed E-state index contributed by atoms with van der Waals surface area (Å²) in [6.45, 7) is 8.02. The van der Waals surface area contributed by atoms with Gasteiger partial charge in [-0.25, -0.2) is 0 Å². The third kappa shape index (κ3) is 13.7. The molecule has 5 nitrogen and oxygen atoms in total. The Morgan fingerprint density at radius 3 is 1.88 bits per heavy atom. The van der Waals surface area contributed by atoms with Crippen LogP contribution in [-0.4, -0.2) is 64.2 Å². The largest absolute Gasteiger partial charge is 0.481 e. The van der Waals surface area contributed by atoms with Crippen molar-refractivity contribution in [2.24, 2.45) is 10.8 Å². The van der Waals surface area contributed by atoms with Gasteiger partial charge >= 0.3 is 11.9 Å². The smallest absolute Gasteiger partial charge is 0.313 e. The number of esters is 1. The quantitative estimate of drug-likeness (QED) is 0.0991. The summed E-state index contributed by atoms with van der Waals surface area (Å²) in [4.78, 5) is 26.8. The van der Waals surface area contributed by atoms with E-state index in [0.29, 0.717) is 18.7 Å². The summed E-state index contributed by atoms with van der Waals surface area (Å²) in [5, 5.41) is 9.76. The van der Waals surface area contributed by atoms with Crippen LogP contribution < -0.4 is 0 Å². The molecule has 0 aromatic heterocycles. The van der Waals surface area contributed by atoms with Gasteiger partial charge in [-0.1, -0.05) is 76.9 Å². The minimum atomic E-state index is -1.24. The van der Waals surface area contributed by atoms with E-state index in [9.17, 15) is 14.7 Å². The van der Waals surface area contributed by atoms with Crippen LogP contribution in [0.15, 0.2) is 0 Å². The molecule has 0 aromatic rings. The van der Waals surface area contributed by atoms with E-state index >= 15 is 0 Å². The van der Waals surface area contributed by atoms with Gasteiger partial charge in [0.05, 0.1) is 10.8 Å². The van der Waals surface area contributed by atoms with Gasteiger partial charge in [-0.2, -0.15) is 0 Å². The highest BCUT2D eigenvalue weighted by Crippen LogP contribution is 2.44. The Morgan fingerprint density at radius 2 is 1.38 bits per heavy atom. The molecule has 0 saturated heterocycles. The molecule has 8 heteroatoms. The first-order valence-corrected chi connectivity index (χ1v) is 15.2. The molecular formula is C26H49NO4S3. The van der Waals surface area contributed by atoms with Gasteiger partial charge in [-0.15, -0.1) is 23.5 Å². The number of thioether (sulfide) groups is 2. The van der Waals surface area contributed by atoms with E-state index in [-0.39, 0.29) is 6.61 Å². The second-order valence-electron chi connectivity index (χ2n) is 10.1. The number of carbonyl (C=O) groups is 2. The number of ether oxygens (including phenoxy) is 1. The van der Waals surface area contributed by atoms with Crippen LogP contribution >= 0.6 is 35.7 Å². The first-order chi connectivity index (χ1) is 16.0. The Labute approximate surface area is 222 Å². The second-order valence-corrected chi connectivity index (χ2v) is 13.5. The minimum Gasteiger partial charge on any atom is -0.481 e. The Kier molecular flexibility index (Phi) is 18.7. The summed E-state index contributed by atoms with van der Waals surface area (Å²) < 4.78 is 6.33. The van der Waals surface area contributed by atoms with E-state index in [1.807, 2.05) is 19.0 Å². The highest BCUT2D eigenvalue weighted by atomic mass is 32.2. The van der Waals surface area contributed by atoms with E-state index in [1.165, 1.54) is 64.2 Å². The fourth-order valence-corrected chi connectivity index (χ4v) is 6.04. The van der Waals surface area contributed by atoms with E-state index in [0.717, 1.165) is 9.28 Å². The van der Waals surface area contributed by atoms with Gasteiger partial charge in [0, 0.05) is 12.3 Å². The van der Waals surface area contributed by atoms with Crippen molar-refractivity contribution in [2.75, 3.05) is 38.8 Å². The molecule has 0 saturated carbocycles. The summed E-state index contributed by atoms with van der Waals surface area (Å²) >= 11 is 8.75. The third-order valence-corrected chi connectivity index (χ3v) is 9.46. The average molecular weight is 536 g/mol. The maximum Gasteiger partial charge on any atom is 0.313 e. The summed E-state index contributed by atoms with van der Waals surface area (Å²) in [5.74, 6) is 0.167. The van der Waals surface area contributed by atoms with E-state index in [1.54, 1.807) is 44.3 Å². The lowest BCUT2D eigenvalue weighted by molar-refractivity contribution is -0.174. The van der Waals surface area contributed by atoms with Crippen LogP contribution in [0.2, 0.25) is 0 Å². The summed E-state index contributed by atoms with van der Waals surface area (Å²) in [5.41, 5.74) is -2.37. The number of hydrogen-bond acceptors (Lipinski definition) is 7. The Hall–Kier alpha value is -0.310. The fourth-order valence-electron chi connectivity index (χ4n) is 3.51. The van der Waals surface area contributed by atoms with Gasteiger partial charge in [-0.05, 0) is 53.5 Å². The number of carboxylic acid groups (broad SMARTS) is 1.